The standard InChI is InChI=1S/C8H5O4.Na.H/c9-7(10)5-1-2-6(4-3-5)8(11)12;;/h1-3H,(H,9,10)(H,11,12);;. The van der Waals surface area contributed by atoms with Crippen molar-refractivity contribution in [2.45, 2.75) is 0 Å². The Morgan fingerprint density at radius 2 is 1.77 bits per heavy atom. The molecule has 0 unspecified atom stereocenters. The maximum absolute atomic E-state index is 10.3. The van der Waals surface area contributed by atoms with Crippen molar-refractivity contribution in [2.75, 3.05) is 0 Å². The Hall–Kier alpha value is -0.840. The summed E-state index contributed by atoms with van der Waals surface area (Å²) in [5, 5.41) is 16.9. The van der Waals surface area contributed by atoms with E-state index in [1.165, 1.54) is 12.1 Å². The van der Waals surface area contributed by atoms with Crippen LogP contribution in [-0.2, 0) is 0 Å². The molecule has 0 amide bonds. The van der Waals surface area contributed by atoms with Crippen LogP contribution in [0.4, 0.5) is 0 Å². The molecule has 0 aromatic heterocycles. The van der Waals surface area contributed by atoms with Crippen molar-refractivity contribution in [1.82, 2.24) is 0 Å². The number of hydrogen-bond donors (Lipinski definition) is 2. The normalized spacial score (nSPS) is 8.62. The van der Waals surface area contributed by atoms with E-state index in [0.29, 0.717) is 0 Å². The molecule has 2 N–H and O–H groups in total. The van der Waals surface area contributed by atoms with Gasteiger partial charge in [0.2, 0.25) is 0 Å². The van der Waals surface area contributed by atoms with Crippen molar-refractivity contribution in [2.24, 2.45) is 0 Å². The first-order valence-electron chi connectivity index (χ1n) is 3.09. The van der Waals surface area contributed by atoms with Crippen LogP contribution >= 0.6 is 0 Å². The summed E-state index contributed by atoms with van der Waals surface area (Å²) in [4.78, 5) is 20.6. The zero-order valence-corrected chi connectivity index (χ0v) is 5.94. The summed E-state index contributed by atoms with van der Waals surface area (Å²) in [7, 11) is 0. The van der Waals surface area contributed by atoms with E-state index >= 15 is 0 Å². The molecule has 0 saturated heterocycles. The molecule has 0 heterocycles. The summed E-state index contributed by atoms with van der Waals surface area (Å²) in [5.41, 5.74) is -0.0139. The van der Waals surface area contributed by atoms with E-state index in [1.807, 2.05) is 0 Å². The number of carboxylic acids is 2. The summed E-state index contributed by atoms with van der Waals surface area (Å²) >= 11 is 0. The summed E-state index contributed by atoms with van der Waals surface area (Å²) in [6.07, 6.45) is 0. The minimum absolute atomic E-state index is 0. The molecule has 0 saturated carbocycles. The molecule has 0 aliphatic rings. The topological polar surface area (TPSA) is 74.6 Å². The van der Waals surface area contributed by atoms with Crippen LogP contribution in [0.3, 0.4) is 0 Å². The number of rotatable bonds is 2. The molecule has 63 valence electrons. The minimum atomic E-state index is -1.12. The summed E-state index contributed by atoms with van der Waals surface area (Å²) in [6, 6.07) is 5.89. The van der Waals surface area contributed by atoms with Gasteiger partial charge in [-0.15, -0.1) is 0 Å². The second-order valence-electron chi connectivity index (χ2n) is 2.10. The molecule has 0 aliphatic carbocycles. The third-order valence-corrected chi connectivity index (χ3v) is 1.29. The van der Waals surface area contributed by atoms with E-state index < -0.39 is 11.9 Å². The van der Waals surface area contributed by atoms with Crippen molar-refractivity contribution in [1.29, 1.82) is 0 Å². The van der Waals surface area contributed by atoms with Crippen LogP contribution in [0.15, 0.2) is 18.2 Å². The number of benzene rings is 1. The van der Waals surface area contributed by atoms with Crippen LogP contribution in [0.2, 0.25) is 0 Å². The van der Waals surface area contributed by atoms with Gasteiger partial charge in [-0.3, -0.25) is 0 Å². The summed E-state index contributed by atoms with van der Waals surface area (Å²) in [6.45, 7) is 0. The molecule has 0 atom stereocenters. The van der Waals surface area contributed by atoms with E-state index in [0.717, 1.165) is 6.07 Å². The van der Waals surface area contributed by atoms with Crippen molar-refractivity contribution in [3.05, 3.63) is 35.4 Å². The number of aromatic carboxylic acids is 2. The molecule has 1 aromatic rings. The molecule has 4 nitrogen and oxygen atoms in total. The Morgan fingerprint density at radius 1 is 1.15 bits per heavy atom. The molecule has 1 rings (SSSR count). The van der Waals surface area contributed by atoms with Crippen LogP contribution in [-0.4, -0.2) is 51.7 Å². The van der Waals surface area contributed by atoms with Gasteiger partial charge < -0.3 is 10.2 Å². The Kier molecular flexibility index (Phi) is 4.69. The fourth-order valence-corrected chi connectivity index (χ4v) is 0.691. The zero-order valence-electron chi connectivity index (χ0n) is 5.94. The Labute approximate surface area is 96.5 Å². The first kappa shape index (κ1) is 12.2. The van der Waals surface area contributed by atoms with Crippen molar-refractivity contribution in [3.63, 3.8) is 0 Å². The average Bonchev–Trinajstić information content (AvgIpc) is 2.04. The molecule has 1 radical (unpaired) electrons. The van der Waals surface area contributed by atoms with Gasteiger partial charge >= 0.3 is 41.5 Å². The average molecular weight is 189 g/mol. The van der Waals surface area contributed by atoms with Gasteiger partial charge in [-0.2, -0.15) is 0 Å². The fraction of sp³-hybridized carbons (Fsp3) is 0. The Morgan fingerprint density at radius 3 is 2.08 bits per heavy atom. The van der Waals surface area contributed by atoms with E-state index in [2.05, 4.69) is 6.07 Å². The molecular formula is C8H6NaO4. The van der Waals surface area contributed by atoms with E-state index in [9.17, 15) is 9.59 Å². The van der Waals surface area contributed by atoms with Crippen molar-refractivity contribution in [3.8, 4) is 0 Å². The first-order valence-corrected chi connectivity index (χ1v) is 3.09. The second kappa shape index (κ2) is 5.01. The van der Waals surface area contributed by atoms with Gasteiger partial charge in [0.05, 0.1) is 11.1 Å². The number of hydrogen-bond acceptors (Lipinski definition) is 2. The maximum atomic E-state index is 10.3. The van der Waals surface area contributed by atoms with Gasteiger partial charge in [0.1, 0.15) is 0 Å². The molecule has 0 fully saturated rings. The molecule has 13 heavy (non-hydrogen) atoms. The van der Waals surface area contributed by atoms with E-state index in [-0.39, 0.29) is 40.7 Å². The van der Waals surface area contributed by atoms with Gasteiger partial charge in [-0.1, -0.05) is 0 Å². The fourth-order valence-electron chi connectivity index (χ4n) is 0.691. The van der Waals surface area contributed by atoms with Crippen molar-refractivity contribution >= 4 is 41.5 Å². The quantitative estimate of drug-likeness (QED) is 0.653. The predicted octanol–water partition coefficient (Wildman–Crippen LogP) is 0.235. The molecule has 5 heteroatoms. The van der Waals surface area contributed by atoms with Crippen LogP contribution in [0, 0.1) is 6.07 Å². The summed E-state index contributed by atoms with van der Waals surface area (Å²) in [5.74, 6) is -2.21. The van der Waals surface area contributed by atoms with Crippen LogP contribution in [0.25, 0.3) is 0 Å². The molecular weight excluding hydrogens is 183 g/mol. The van der Waals surface area contributed by atoms with Gasteiger partial charge in [0.15, 0.2) is 0 Å². The Bertz CT molecular complexity index is 284. The zero-order chi connectivity index (χ0) is 9.14. The number of carboxylic acid groups (broad SMARTS) is 2. The van der Waals surface area contributed by atoms with Gasteiger partial charge in [0.25, 0.3) is 0 Å². The van der Waals surface area contributed by atoms with Crippen LogP contribution in [0.1, 0.15) is 20.7 Å². The third-order valence-electron chi connectivity index (χ3n) is 1.29. The molecule has 0 bridgehead atoms. The SMILES string of the molecule is O=C(O)c1[c]cc(C(=O)O)cc1.[NaH]. The summed E-state index contributed by atoms with van der Waals surface area (Å²) < 4.78 is 0. The molecule has 0 spiro atoms. The van der Waals surface area contributed by atoms with E-state index in [4.69, 9.17) is 10.2 Å². The van der Waals surface area contributed by atoms with Crippen LogP contribution in [0.5, 0.6) is 0 Å². The first-order chi connectivity index (χ1) is 5.61. The van der Waals surface area contributed by atoms with Gasteiger partial charge in [0, 0.05) is 0 Å². The monoisotopic (exact) mass is 189 g/mol. The molecule has 0 aliphatic heterocycles. The molecule has 1 aromatic carbocycles. The predicted molar refractivity (Wildman–Crippen MR) is 46.3 cm³/mol. The second-order valence-corrected chi connectivity index (χ2v) is 2.10. The van der Waals surface area contributed by atoms with Crippen LogP contribution < -0.4 is 0 Å². The van der Waals surface area contributed by atoms with E-state index in [1.54, 1.807) is 0 Å². The number of carbonyl (C=O) groups is 2. The van der Waals surface area contributed by atoms with Crippen molar-refractivity contribution < 1.29 is 19.8 Å². The van der Waals surface area contributed by atoms with Gasteiger partial charge in [-0.25, -0.2) is 9.59 Å². The third kappa shape index (κ3) is 3.18. The van der Waals surface area contributed by atoms with Gasteiger partial charge in [-0.05, 0) is 24.3 Å². The Balaban J connectivity index is 0.00000144.